The minimum atomic E-state index is -0.0356. The number of amides is 3. The van der Waals surface area contributed by atoms with E-state index in [0.29, 0.717) is 25.0 Å². The summed E-state index contributed by atoms with van der Waals surface area (Å²) >= 11 is 0. The predicted octanol–water partition coefficient (Wildman–Crippen LogP) is 2.81. The second-order valence-corrected chi connectivity index (χ2v) is 7.62. The zero-order chi connectivity index (χ0) is 18.1. The fourth-order valence-corrected chi connectivity index (χ4v) is 3.82. The van der Waals surface area contributed by atoms with Gasteiger partial charge in [-0.2, -0.15) is 0 Å². The van der Waals surface area contributed by atoms with Crippen molar-refractivity contribution in [2.24, 2.45) is 0 Å². The number of hydrogen-bond acceptors (Lipinski definition) is 3. The Morgan fingerprint density at radius 2 is 1.81 bits per heavy atom. The number of carbonyl (C=O) groups is 2. The monoisotopic (exact) mass is 388 g/mol. The first kappa shape index (κ1) is 23.0. The van der Waals surface area contributed by atoms with Gasteiger partial charge >= 0.3 is 6.03 Å². The average molecular weight is 389 g/mol. The Labute approximate surface area is 164 Å². The van der Waals surface area contributed by atoms with Crippen molar-refractivity contribution in [3.8, 4) is 0 Å². The standard InChI is InChI=1S/C19H36N4O2.ClH/c1-15-16(2)23(14-13-20-15)18(24)11-7-4-8-12-21-19(25)22-17-9-5-3-6-10-17;/h15-17,20H,3-14H2,1-2H3,(H2,21,22,25);1H. The number of unbranched alkanes of at least 4 members (excludes halogenated alkanes) is 2. The van der Waals surface area contributed by atoms with E-state index in [1.807, 2.05) is 4.90 Å². The number of nitrogens with zero attached hydrogens (tertiary/aromatic N) is 1. The Kier molecular flexibility index (Phi) is 11.0. The second kappa shape index (κ2) is 12.4. The molecule has 2 atom stereocenters. The van der Waals surface area contributed by atoms with Gasteiger partial charge < -0.3 is 20.9 Å². The summed E-state index contributed by atoms with van der Waals surface area (Å²) in [6, 6.07) is 0.956. The Balaban J connectivity index is 0.00000338. The highest BCUT2D eigenvalue weighted by Gasteiger charge is 2.27. The van der Waals surface area contributed by atoms with E-state index in [4.69, 9.17) is 0 Å². The van der Waals surface area contributed by atoms with Crippen LogP contribution in [0, 0.1) is 0 Å². The van der Waals surface area contributed by atoms with Gasteiger partial charge in [0, 0.05) is 44.2 Å². The predicted molar refractivity (Wildman–Crippen MR) is 108 cm³/mol. The highest BCUT2D eigenvalue weighted by Crippen LogP contribution is 2.17. The Morgan fingerprint density at radius 1 is 1.08 bits per heavy atom. The van der Waals surface area contributed by atoms with Crippen molar-refractivity contribution in [2.45, 2.75) is 89.8 Å². The van der Waals surface area contributed by atoms with Gasteiger partial charge in [-0.15, -0.1) is 12.4 Å². The van der Waals surface area contributed by atoms with Gasteiger partial charge in [-0.25, -0.2) is 4.79 Å². The minimum absolute atomic E-state index is 0. The summed E-state index contributed by atoms with van der Waals surface area (Å²) in [7, 11) is 0. The smallest absolute Gasteiger partial charge is 0.315 e. The molecule has 0 aromatic rings. The van der Waals surface area contributed by atoms with Crippen molar-refractivity contribution in [2.75, 3.05) is 19.6 Å². The van der Waals surface area contributed by atoms with E-state index in [2.05, 4.69) is 29.8 Å². The van der Waals surface area contributed by atoms with Gasteiger partial charge in [0.15, 0.2) is 0 Å². The first-order chi connectivity index (χ1) is 12.1. The van der Waals surface area contributed by atoms with Gasteiger partial charge in [-0.3, -0.25) is 4.79 Å². The van der Waals surface area contributed by atoms with Crippen molar-refractivity contribution < 1.29 is 9.59 Å². The van der Waals surface area contributed by atoms with E-state index in [9.17, 15) is 9.59 Å². The molecular formula is C19H37ClN4O2. The average Bonchev–Trinajstić information content (AvgIpc) is 2.61. The maximum atomic E-state index is 12.3. The fraction of sp³-hybridized carbons (Fsp3) is 0.895. The number of carbonyl (C=O) groups excluding carboxylic acids is 2. The van der Waals surface area contributed by atoms with Gasteiger partial charge in [0.2, 0.25) is 5.91 Å². The maximum Gasteiger partial charge on any atom is 0.315 e. The van der Waals surface area contributed by atoms with Crippen molar-refractivity contribution in [1.29, 1.82) is 0 Å². The molecule has 2 fully saturated rings. The summed E-state index contributed by atoms with van der Waals surface area (Å²) in [5.41, 5.74) is 0. The normalized spacial score (nSPS) is 23.8. The molecule has 2 aliphatic rings. The highest BCUT2D eigenvalue weighted by atomic mass is 35.5. The van der Waals surface area contributed by atoms with E-state index in [1.165, 1.54) is 19.3 Å². The molecule has 1 aliphatic heterocycles. The van der Waals surface area contributed by atoms with Crippen LogP contribution in [-0.4, -0.2) is 54.6 Å². The molecule has 0 radical (unpaired) electrons. The number of urea groups is 1. The van der Waals surface area contributed by atoms with Gasteiger partial charge in [0.1, 0.15) is 0 Å². The number of piperazine rings is 1. The summed E-state index contributed by atoms with van der Waals surface area (Å²) in [4.78, 5) is 26.2. The number of nitrogens with one attached hydrogen (secondary N) is 3. The topological polar surface area (TPSA) is 73.5 Å². The molecule has 1 saturated carbocycles. The van der Waals surface area contributed by atoms with Crippen molar-refractivity contribution in [1.82, 2.24) is 20.9 Å². The lowest BCUT2D eigenvalue weighted by Gasteiger charge is -2.38. The molecule has 0 bridgehead atoms. The molecule has 152 valence electrons. The third-order valence-corrected chi connectivity index (χ3v) is 5.65. The third kappa shape index (κ3) is 7.70. The molecule has 3 N–H and O–H groups in total. The lowest BCUT2D eigenvalue weighted by atomic mass is 9.96. The zero-order valence-electron chi connectivity index (χ0n) is 16.4. The fourth-order valence-electron chi connectivity index (χ4n) is 3.82. The van der Waals surface area contributed by atoms with Crippen LogP contribution < -0.4 is 16.0 Å². The molecule has 2 unspecified atom stereocenters. The van der Waals surface area contributed by atoms with Crippen LogP contribution in [0.2, 0.25) is 0 Å². The molecule has 0 aromatic carbocycles. The first-order valence-electron chi connectivity index (χ1n) is 10.1. The molecule has 7 heteroatoms. The van der Waals surface area contributed by atoms with Crippen molar-refractivity contribution in [3.63, 3.8) is 0 Å². The Morgan fingerprint density at radius 3 is 2.54 bits per heavy atom. The Hall–Kier alpha value is -1.01. The molecule has 1 saturated heterocycles. The molecule has 6 nitrogen and oxygen atoms in total. The third-order valence-electron chi connectivity index (χ3n) is 5.65. The molecule has 0 spiro atoms. The second-order valence-electron chi connectivity index (χ2n) is 7.62. The van der Waals surface area contributed by atoms with E-state index in [-0.39, 0.29) is 30.4 Å². The van der Waals surface area contributed by atoms with Gasteiger partial charge in [0.05, 0.1) is 0 Å². The van der Waals surface area contributed by atoms with Crippen LogP contribution in [0.1, 0.15) is 71.6 Å². The molecule has 26 heavy (non-hydrogen) atoms. The van der Waals surface area contributed by atoms with Gasteiger partial charge in [0.25, 0.3) is 0 Å². The quantitative estimate of drug-likeness (QED) is 0.587. The Bertz CT molecular complexity index is 430. The van der Waals surface area contributed by atoms with Crippen molar-refractivity contribution >= 4 is 24.3 Å². The lowest BCUT2D eigenvalue weighted by molar-refractivity contribution is -0.135. The molecule has 3 amide bonds. The zero-order valence-corrected chi connectivity index (χ0v) is 17.2. The van der Waals surface area contributed by atoms with Crippen LogP contribution in [0.5, 0.6) is 0 Å². The molecule has 1 heterocycles. The van der Waals surface area contributed by atoms with E-state index in [0.717, 1.165) is 45.2 Å². The van der Waals surface area contributed by atoms with Gasteiger partial charge in [-0.05, 0) is 39.5 Å². The summed E-state index contributed by atoms with van der Waals surface area (Å²) in [5, 5.41) is 9.40. The van der Waals surface area contributed by atoms with Crippen LogP contribution in [0.3, 0.4) is 0 Å². The summed E-state index contributed by atoms with van der Waals surface area (Å²) in [6.07, 6.45) is 9.39. The highest BCUT2D eigenvalue weighted by molar-refractivity contribution is 5.85. The minimum Gasteiger partial charge on any atom is -0.338 e. The molecular weight excluding hydrogens is 352 g/mol. The number of rotatable bonds is 7. The van der Waals surface area contributed by atoms with E-state index in [1.54, 1.807) is 0 Å². The molecule has 0 aromatic heterocycles. The molecule has 1 aliphatic carbocycles. The SMILES string of the molecule is CC1NCCN(C(=O)CCCCCNC(=O)NC2CCCCC2)C1C.Cl. The van der Waals surface area contributed by atoms with Crippen LogP contribution in [-0.2, 0) is 4.79 Å². The maximum absolute atomic E-state index is 12.3. The molecule has 2 rings (SSSR count). The lowest BCUT2D eigenvalue weighted by Crippen LogP contribution is -2.57. The summed E-state index contributed by atoms with van der Waals surface area (Å²) in [6.45, 7) is 6.63. The summed E-state index contributed by atoms with van der Waals surface area (Å²) in [5.74, 6) is 0.267. The van der Waals surface area contributed by atoms with E-state index < -0.39 is 0 Å². The first-order valence-corrected chi connectivity index (χ1v) is 10.1. The number of halogens is 1. The van der Waals surface area contributed by atoms with Gasteiger partial charge in [-0.1, -0.05) is 25.7 Å². The van der Waals surface area contributed by atoms with Crippen LogP contribution in [0.25, 0.3) is 0 Å². The van der Waals surface area contributed by atoms with Crippen LogP contribution in [0.15, 0.2) is 0 Å². The van der Waals surface area contributed by atoms with E-state index >= 15 is 0 Å². The van der Waals surface area contributed by atoms with Crippen LogP contribution >= 0.6 is 12.4 Å². The number of hydrogen-bond donors (Lipinski definition) is 3. The van der Waals surface area contributed by atoms with Crippen molar-refractivity contribution in [3.05, 3.63) is 0 Å². The largest absolute Gasteiger partial charge is 0.338 e. The summed E-state index contributed by atoms with van der Waals surface area (Å²) < 4.78 is 0. The van der Waals surface area contributed by atoms with Crippen LogP contribution in [0.4, 0.5) is 4.79 Å².